The Morgan fingerprint density at radius 2 is 2.26 bits per heavy atom. The number of rotatable bonds is 5. The molecule has 1 aliphatic rings. The molecule has 3 N–H and O–H groups in total. The number of benzene rings is 1. The second kappa shape index (κ2) is 6.33. The van der Waals surface area contributed by atoms with E-state index in [1.54, 1.807) is 0 Å². The van der Waals surface area contributed by atoms with E-state index in [1.807, 2.05) is 29.8 Å². The number of carbonyl (C=O) groups excluding carboxylic acids is 1. The number of aliphatic hydroxyl groups is 1. The van der Waals surface area contributed by atoms with Crippen LogP contribution in [0, 0.1) is 12.8 Å². The number of amides is 2. The number of anilines is 1. The Labute approximate surface area is 133 Å². The maximum atomic E-state index is 11.9. The SMILES string of the molecule is Cc1cccc(-c2nnnn2[C@@H]2C[C@H]2C)c1NC(=O)NCCO. The van der Waals surface area contributed by atoms with E-state index in [2.05, 4.69) is 33.1 Å². The number of urea groups is 1. The average molecular weight is 316 g/mol. The Kier molecular flexibility index (Phi) is 4.24. The second-order valence-corrected chi connectivity index (χ2v) is 5.83. The first-order valence-corrected chi connectivity index (χ1v) is 7.65. The topological polar surface area (TPSA) is 105 Å². The molecule has 2 amide bonds. The molecule has 0 aliphatic heterocycles. The Morgan fingerprint density at radius 3 is 2.96 bits per heavy atom. The van der Waals surface area contributed by atoms with Crippen LogP contribution in [0.25, 0.3) is 11.4 Å². The van der Waals surface area contributed by atoms with Gasteiger partial charge in [0.15, 0.2) is 5.82 Å². The van der Waals surface area contributed by atoms with Gasteiger partial charge in [0.05, 0.1) is 18.3 Å². The molecule has 2 aromatic rings. The molecular weight excluding hydrogens is 296 g/mol. The lowest BCUT2D eigenvalue weighted by molar-refractivity contribution is 0.245. The van der Waals surface area contributed by atoms with E-state index < -0.39 is 0 Å². The first-order chi connectivity index (χ1) is 11.1. The first-order valence-electron chi connectivity index (χ1n) is 7.65. The number of aryl methyl sites for hydroxylation is 1. The second-order valence-electron chi connectivity index (χ2n) is 5.83. The zero-order valence-corrected chi connectivity index (χ0v) is 13.2. The largest absolute Gasteiger partial charge is 0.395 e. The Hall–Kier alpha value is -2.48. The molecule has 1 aromatic carbocycles. The van der Waals surface area contributed by atoms with Gasteiger partial charge in [-0.2, -0.15) is 0 Å². The van der Waals surface area contributed by atoms with Gasteiger partial charge in [-0.15, -0.1) is 5.10 Å². The third kappa shape index (κ3) is 3.16. The van der Waals surface area contributed by atoms with Crippen molar-refractivity contribution in [2.75, 3.05) is 18.5 Å². The van der Waals surface area contributed by atoms with Crippen LogP contribution in [0.5, 0.6) is 0 Å². The van der Waals surface area contributed by atoms with E-state index in [1.165, 1.54) is 0 Å². The zero-order chi connectivity index (χ0) is 16.4. The summed E-state index contributed by atoms with van der Waals surface area (Å²) in [5.74, 6) is 1.21. The van der Waals surface area contributed by atoms with Crippen molar-refractivity contribution in [1.29, 1.82) is 0 Å². The minimum atomic E-state index is -0.367. The van der Waals surface area contributed by atoms with Crippen LogP contribution in [-0.4, -0.2) is 44.5 Å². The quantitative estimate of drug-likeness (QED) is 0.772. The number of aliphatic hydroxyl groups excluding tert-OH is 1. The number of nitrogens with one attached hydrogen (secondary N) is 2. The van der Waals surface area contributed by atoms with Gasteiger partial charge in [0.2, 0.25) is 0 Å². The summed E-state index contributed by atoms with van der Waals surface area (Å²) in [5.41, 5.74) is 2.38. The van der Waals surface area contributed by atoms with Gasteiger partial charge >= 0.3 is 6.03 Å². The minimum absolute atomic E-state index is 0.105. The summed E-state index contributed by atoms with van der Waals surface area (Å²) in [6.07, 6.45) is 1.06. The molecule has 0 saturated heterocycles. The molecule has 1 aromatic heterocycles. The standard InChI is InChI=1S/C15H20N6O2/c1-9-4-3-5-11(13(9)17-15(23)16-6-7-22)14-18-19-20-21(14)12-8-10(12)2/h3-5,10,12,22H,6-8H2,1-2H3,(H2,16,17,23)/t10-,12-/m1/s1. The normalized spacial score (nSPS) is 19.4. The number of hydrogen-bond acceptors (Lipinski definition) is 5. The number of nitrogens with zero attached hydrogens (tertiary/aromatic N) is 4. The fourth-order valence-electron chi connectivity index (χ4n) is 2.58. The molecule has 2 atom stereocenters. The molecule has 0 spiro atoms. The van der Waals surface area contributed by atoms with Crippen molar-refractivity contribution in [3.8, 4) is 11.4 Å². The molecule has 8 heteroatoms. The van der Waals surface area contributed by atoms with E-state index in [9.17, 15) is 4.79 Å². The lowest BCUT2D eigenvalue weighted by Gasteiger charge is -2.14. The summed E-state index contributed by atoms with van der Waals surface area (Å²) in [5, 5.41) is 26.2. The fourth-order valence-corrected chi connectivity index (χ4v) is 2.58. The van der Waals surface area contributed by atoms with Gasteiger partial charge in [0, 0.05) is 12.1 Å². The predicted molar refractivity (Wildman–Crippen MR) is 84.9 cm³/mol. The Morgan fingerprint density at radius 1 is 1.48 bits per heavy atom. The van der Waals surface area contributed by atoms with E-state index in [0.717, 1.165) is 17.5 Å². The summed E-state index contributed by atoms with van der Waals surface area (Å²) in [4.78, 5) is 11.9. The third-order valence-corrected chi connectivity index (χ3v) is 4.02. The zero-order valence-electron chi connectivity index (χ0n) is 13.2. The Bertz CT molecular complexity index is 714. The van der Waals surface area contributed by atoms with Crippen molar-refractivity contribution in [2.24, 2.45) is 5.92 Å². The van der Waals surface area contributed by atoms with Crippen LogP contribution in [0.3, 0.4) is 0 Å². The van der Waals surface area contributed by atoms with Crippen LogP contribution >= 0.6 is 0 Å². The number of hydrogen-bond donors (Lipinski definition) is 3. The minimum Gasteiger partial charge on any atom is -0.395 e. The van der Waals surface area contributed by atoms with Gasteiger partial charge in [-0.05, 0) is 41.3 Å². The van der Waals surface area contributed by atoms with E-state index in [4.69, 9.17) is 5.11 Å². The van der Waals surface area contributed by atoms with Gasteiger partial charge in [-0.3, -0.25) is 0 Å². The highest BCUT2D eigenvalue weighted by atomic mass is 16.3. The summed E-state index contributed by atoms with van der Waals surface area (Å²) in [6, 6.07) is 5.67. The van der Waals surface area contributed by atoms with Gasteiger partial charge < -0.3 is 15.7 Å². The monoisotopic (exact) mass is 316 g/mol. The molecule has 0 bridgehead atoms. The molecule has 0 unspecified atom stereocenters. The number of aromatic nitrogens is 4. The van der Waals surface area contributed by atoms with Crippen LogP contribution in [0.4, 0.5) is 10.5 Å². The molecular formula is C15H20N6O2. The summed E-state index contributed by atoms with van der Waals surface area (Å²) in [7, 11) is 0. The maximum absolute atomic E-state index is 11.9. The molecule has 0 radical (unpaired) electrons. The van der Waals surface area contributed by atoms with Crippen molar-refractivity contribution >= 4 is 11.7 Å². The van der Waals surface area contributed by atoms with Crippen molar-refractivity contribution in [2.45, 2.75) is 26.3 Å². The lowest BCUT2D eigenvalue weighted by atomic mass is 10.1. The molecule has 1 aliphatic carbocycles. The van der Waals surface area contributed by atoms with Crippen LogP contribution in [0.2, 0.25) is 0 Å². The predicted octanol–water partition coefficient (Wildman–Crippen LogP) is 1.34. The first kappa shape index (κ1) is 15.4. The van der Waals surface area contributed by atoms with E-state index in [-0.39, 0.29) is 19.2 Å². The van der Waals surface area contributed by atoms with Crippen molar-refractivity contribution < 1.29 is 9.90 Å². The highest BCUT2D eigenvalue weighted by molar-refractivity contribution is 5.94. The number of carbonyl (C=O) groups is 1. The summed E-state index contributed by atoms with van der Waals surface area (Å²) in [6.45, 7) is 4.17. The molecule has 1 saturated carbocycles. The maximum Gasteiger partial charge on any atom is 0.319 e. The van der Waals surface area contributed by atoms with Crippen molar-refractivity contribution in [1.82, 2.24) is 25.5 Å². The smallest absolute Gasteiger partial charge is 0.319 e. The van der Waals surface area contributed by atoms with Gasteiger partial charge in [-0.25, -0.2) is 9.48 Å². The van der Waals surface area contributed by atoms with Crippen molar-refractivity contribution in [3.63, 3.8) is 0 Å². The van der Waals surface area contributed by atoms with Crippen LogP contribution in [0.15, 0.2) is 18.2 Å². The fraction of sp³-hybridized carbons (Fsp3) is 0.467. The van der Waals surface area contributed by atoms with E-state index in [0.29, 0.717) is 23.5 Å². The molecule has 1 heterocycles. The van der Waals surface area contributed by atoms with Crippen LogP contribution in [0.1, 0.15) is 24.9 Å². The van der Waals surface area contributed by atoms with Crippen LogP contribution in [-0.2, 0) is 0 Å². The number of para-hydroxylation sites is 1. The van der Waals surface area contributed by atoms with Gasteiger partial charge in [-0.1, -0.05) is 19.1 Å². The molecule has 122 valence electrons. The summed E-state index contributed by atoms with van der Waals surface area (Å²) < 4.78 is 1.83. The number of tetrazole rings is 1. The highest BCUT2D eigenvalue weighted by Crippen LogP contribution is 2.44. The molecule has 8 nitrogen and oxygen atoms in total. The van der Waals surface area contributed by atoms with E-state index >= 15 is 0 Å². The molecule has 1 fully saturated rings. The van der Waals surface area contributed by atoms with Crippen molar-refractivity contribution in [3.05, 3.63) is 23.8 Å². The Balaban J connectivity index is 1.92. The van der Waals surface area contributed by atoms with Gasteiger partial charge in [0.1, 0.15) is 0 Å². The lowest BCUT2D eigenvalue weighted by Crippen LogP contribution is -2.31. The third-order valence-electron chi connectivity index (χ3n) is 4.02. The summed E-state index contributed by atoms with van der Waals surface area (Å²) >= 11 is 0. The highest BCUT2D eigenvalue weighted by Gasteiger charge is 2.37. The van der Waals surface area contributed by atoms with Gasteiger partial charge in [0.25, 0.3) is 0 Å². The van der Waals surface area contributed by atoms with Crippen LogP contribution < -0.4 is 10.6 Å². The molecule has 23 heavy (non-hydrogen) atoms. The average Bonchev–Trinajstić information content (AvgIpc) is 3.07. The molecule has 3 rings (SSSR count).